The Morgan fingerprint density at radius 1 is 0.963 bits per heavy atom. The molecule has 0 saturated carbocycles. The third kappa shape index (κ3) is 3.94. The van der Waals surface area contributed by atoms with Crippen LogP contribution in [-0.4, -0.2) is 59.3 Å². The number of carbonyl (C=O) groups is 2. The SMILES string of the molecule is O=C1CCCN1Cc1ccc(C(=O)N2CCN(c3ccccn3)CC2)cc1. The van der Waals surface area contributed by atoms with Gasteiger partial charge in [0.2, 0.25) is 5.91 Å². The van der Waals surface area contributed by atoms with Crippen LogP contribution >= 0.6 is 0 Å². The van der Waals surface area contributed by atoms with Gasteiger partial charge in [-0.1, -0.05) is 18.2 Å². The van der Waals surface area contributed by atoms with Gasteiger partial charge in [-0.15, -0.1) is 0 Å². The van der Waals surface area contributed by atoms with Crippen LogP contribution in [0.2, 0.25) is 0 Å². The molecule has 1 aromatic heterocycles. The van der Waals surface area contributed by atoms with Crippen molar-refractivity contribution in [2.75, 3.05) is 37.6 Å². The van der Waals surface area contributed by atoms with Gasteiger partial charge in [0.15, 0.2) is 0 Å². The lowest BCUT2D eigenvalue weighted by Crippen LogP contribution is -2.49. The fourth-order valence-corrected chi connectivity index (χ4v) is 3.71. The summed E-state index contributed by atoms with van der Waals surface area (Å²) in [6, 6.07) is 13.6. The topological polar surface area (TPSA) is 56.8 Å². The van der Waals surface area contributed by atoms with E-state index in [1.54, 1.807) is 6.20 Å². The lowest BCUT2D eigenvalue weighted by atomic mass is 10.1. The molecule has 2 aliphatic heterocycles. The summed E-state index contributed by atoms with van der Waals surface area (Å²) in [5.74, 6) is 1.26. The highest BCUT2D eigenvalue weighted by Gasteiger charge is 2.23. The second kappa shape index (κ2) is 7.78. The van der Waals surface area contributed by atoms with Crippen LogP contribution in [0.25, 0.3) is 0 Å². The maximum atomic E-state index is 12.8. The minimum absolute atomic E-state index is 0.0690. The van der Waals surface area contributed by atoms with Crippen LogP contribution in [0.1, 0.15) is 28.8 Å². The van der Waals surface area contributed by atoms with E-state index in [9.17, 15) is 9.59 Å². The fraction of sp³-hybridized carbons (Fsp3) is 0.381. The van der Waals surface area contributed by atoms with Gasteiger partial charge < -0.3 is 14.7 Å². The second-order valence-electron chi connectivity index (χ2n) is 7.08. The van der Waals surface area contributed by atoms with E-state index in [2.05, 4.69) is 9.88 Å². The van der Waals surface area contributed by atoms with Crippen molar-refractivity contribution in [3.05, 3.63) is 59.8 Å². The summed E-state index contributed by atoms with van der Waals surface area (Å²) in [6.07, 6.45) is 3.39. The average Bonchev–Trinajstić information content (AvgIpc) is 3.13. The van der Waals surface area contributed by atoms with Crippen molar-refractivity contribution in [2.45, 2.75) is 19.4 Å². The standard InChI is InChI=1S/C21H24N4O2/c26-20-5-3-11-25(20)16-17-6-8-18(9-7-17)21(27)24-14-12-23(13-15-24)19-4-1-2-10-22-19/h1-2,4,6-10H,3,5,11-16H2. The molecule has 2 amide bonds. The first-order valence-corrected chi connectivity index (χ1v) is 9.53. The van der Waals surface area contributed by atoms with E-state index in [0.29, 0.717) is 31.6 Å². The van der Waals surface area contributed by atoms with Gasteiger partial charge in [0, 0.05) is 57.4 Å². The van der Waals surface area contributed by atoms with Crippen molar-refractivity contribution in [1.82, 2.24) is 14.8 Å². The number of amides is 2. The van der Waals surface area contributed by atoms with Gasteiger partial charge in [0.1, 0.15) is 5.82 Å². The number of benzene rings is 1. The Hall–Kier alpha value is -2.89. The molecule has 3 heterocycles. The smallest absolute Gasteiger partial charge is 0.253 e. The maximum absolute atomic E-state index is 12.8. The van der Waals surface area contributed by atoms with E-state index in [1.165, 1.54) is 0 Å². The Labute approximate surface area is 159 Å². The Kier molecular flexibility index (Phi) is 5.05. The van der Waals surface area contributed by atoms with Gasteiger partial charge in [0.05, 0.1) is 0 Å². The Bertz CT molecular complexity index is 799. The largest absolute Gasteiger partial charge is 0.353 e. The minimum atomic E-state index is 0.0690. The van der Waals surface area contributed by atoms with Crippen LogP contribution in [0, 0.1) is 0 Å². The summed E-state index contributed by atoms with van der Waals surface area (Å²) in [5.41, 5.74) is 1.78. The van der Waals surface area contributed by atoms with E-state index in [0.717, 1.165) is 37.4 Å². The van der Waals surface area contributed by atoms with Gasteiger partial charge in [-0.2, -0.15) is 0 Å². The highest BCUT2D eigenvalue weighted by molar-refractivity contribution is 5.94. The molecule has 0 bridgehead atoms. The number of nitrogens with zero attached hydrogens (tertiary/aromatic N) is 4. The third-order valence-corrected chi connectivity index (χ3v) is 5.29. The molecule has 0 radical (unpaired) electrons. The zero-order valence-corrected chi connectivity index (χ0v) is 15.4. The second-order valence-corrected chi connectivity index (χ2v) is 7.08. The van der Waals surface area contributed by atoms with Crippen molar-refractivity contribution in [1.29, 1.82) is 0 Å². The molecule has 6 heteroatoms. The van der Waals surface area contributed by atoms with Gasteiger partial charge in [0.25, 0.3) is 5.91 Å². The molecule has 0 spiro atoms. The van der Waals surface area contributed by atoms with Crippen molar-refractivity contribution >= 4 is 17.6 Å². The first-order valence-electron chi connectivity index (χ1n) is 9.53. The van der Waals surface area contributed by atoms with Crippen LogP contribution in [-0.2, 0) is 11.3 Å². The van der Waals surface area contributed by atoms with Crippen molar-refractivity contribution in [2.24, 2.45) is 0 Å². The van der Waals surface area contributed by atoms with Crippen LogP contribution in [0.15, 0.2) is 48.7 Å². The first kappa shape index (κ1) is 17.5. The predicted octanol–water partition coefficient (Wildman–Crippen LogP) is 2.17. The summed E-state index contributed by atoms with van der Waals surface area (Å²) in [5, 5.41) is 0. The molecule has 6 nitrogen and oxygen atoms in total. The Morgan fingerprint density at radius 3 is 2.37 bits per heavy atom. The average molecular weight is 364 g/mol. The number of pyridine rings is 1. The summed E-state index contributed by atoms with van der Waals surface area (Å²) in [7, 11) is 0. The highest BCUT2D eigenvalue weighted by atomic mass is 16.2. The highest BCUT2D eigenvalue weighted by Crippen LogP contribution is 2.17. The van der Waals surface area contributed by atoms with Gasteiger partial charge in [-0.05, 0) is 36.2 Å². The molecular weight excluding hydrogens is 340 g/mol. The molecule has 0 aliphatic carbocycles. The van der Waals surface area contributed by atoms with E-state index >= 15 is 0 Å². The van der Waals surface area contributed by atoms with Gasteiger partial charge >= 0.3 is 0 Å². The molecule has 4 rings (SSSR count). The van der Waals surface area contributed by atoms with E-state index in [4.69, 9.17) is 0 Å². The van der Waals surface area contributed by atoms with Gasteiger partial charge in [-0.3, -0.25) is 9.59 Å². The molecule has 2 saturated heterocycles. The van der Waals surface area contributed by atoms with Crippen LogP contribution in [0.4, 0.5) is 5.82 Å². The van der Waals surface area contributed by atoms with E-state index in [1.807, 2.05) is 52.3 Å². The molecule has 140 valence electrons. The van der Waals surface area contributed by atoms with E-state index in [-0.39, 0.29) is 11.8 Å². The summed E-state index contributed by atoms with van der Waals surface area (Å²) in [6.45, 7) is 4.44. The number of carbonyl (C=O) groups excluding carboxylic acids is 2. The van der Waals surface area contributed by atoms with E-state index < -0.39 is 0 Å². The molecule has 0 atom stereocenters. The normalized spacial score (nSPS) is 17.5. The summed E-state index contributed by atoms with van der Waals surface area (Å²) in [4.78, 5) is 34.9. The predicted molar refractivity (Wildman–Crippen MR) is 103 cm³/mol. The lowest BCUT2D eigenvalue weighted by Gasteiger charge is -2.35. The number of hydrogen-bond donors (Lipinski definition) is 0. The molecule has 2 fully saturated rings. The van der Waals surface area contributed by atoms with Crippen LogP contribution < -0.4 is 4.90 Å². The monoisotopic (exact) mass is 364 g/mol. The van der Waals surface area contributed by atoms with Crippen molar-refractivity contribution < 1.29 is 9.59 Å². The van der Waals surface area contributed by atoms with Crippen molar-refractivity contribution in [3.63, 3.8) is 0 Å². The zero-order chi connectivity index (χ0) is 18.6. The number of aromatic nitrogens is 1. The summed E-state index contributed by atoms with van der Waals surface area (Å²) >= 11 is 0. The number of piperazine rings is 1. The number of anilines is 1. The first-order chi connectivity index (χ1) is 13.2. The number of rotatable bonds is 4. The molecule has 27 heavy (non-hydrogen) atoms. The maximum Gasteiger partial charge on any atom is 0.253 e. The summed E-state index contributed by atoms with van der Waals surface area (Å²) < 4.78 is 0. The van der Waals surface area contributed by atoms with Crippen molar-refractivity contribution in [3.8, 4) is 0 Å². The fourth-order valence-electron chi connectivity index (χ4n) is 3.71. The molecule has 2 aromatic rings. The molecule has 2 aliphatic rings. The zero-order valence-electron chi connectivity index (χ0n) is 15.4. The van der Waals surface area contributed by atoms with Crippen LogP contribution in [0.5, 0.6) is 0 Å². The van der Waals surface area contributed by atoms with Crippen LogP contribution in [0.3, 0.4) is 0 Å². The Balaban J connectivity index is 1.34. The third-order valence-electron chi connectivity index (χ3n) is 5.29. The molecule has 1 aromatic carbocycles. The molecule has 0 unspecified atom stereocenters. The lowest BCUT2D eigenvalue weighted by molar-refractivity contribution is -0.128. The molecule has 0 N–H and O–H groups in total. The minimum Gasteiger partial charge on any atom is -0.353 e. The number of hydrogen-bond acceptors (Lipinski definition) is 4. The Morgan fingerprint density at radius 2 is 1.74 bits per heavy atom. The van der Waals surface area contributed by atoms with Gasteiger partial charge in [-0.25, -0.2) is 4.98 Å². The molecular formula is C21H24N4O2. The number of likely N-dealkylation sites (tertiary alicyclic amines) is 1. The quantitative estimate of drug-likeness (QED) is 0.834.